The summed E-state index contributed by atoms with van der Waals surface area (Å²) in [5.41, 5.74) is 0.446. The Labute approximate surface area is 140 Å². The number of nitro benzene ring substituents is 1. The zero-order chi connectivity index (χ0) is 17.5. The van der Waals surface area contributed by atoms with Gasteiger partial charge in [-0.3, -0.25) is 19.7 Å². The Kier molecular flexibility index (Phi) is 6.28. The number of ether oxygens (including phenoxy) is 1. The summed E-state index contributed by atoms with van der Waals surface area (Å²) in [6.07, 6.45) is 4.30. The molecule has 2 atom stereocenters. The monoisotopic (exact) mass is 334 g/mol. The molecule has 1 aliphatic rings. The molecule has 1 heterocycles. The first kappa shape index (κ1) is 17.9. The van der Waals surface area contributed by atoms with Crippen molar-refractivity contribution in [3.05, 3.63) is 34.4 Å². The normalized spacial score (nSPS) is 19.8. The summed E-state index contributed by atoms with van der Waals surface area (Å²) >= 11 is 0. The Hall–Kier alpha value is -2.44. The zero-order valence-corrected chi connectivity index (χ0v) is 13.7. The van der Waals surface area contributed by atoms with E-state index in [4.69, 9.17) is 4.74 Å². The van der Waals surface area contributed by atoms with Gasteiger partial charge in [-0.25, -0.2) is 0 Å². The molecule has 1 amide bonds. The van der Waals surface area contributed by atoms with Crippen LogP contribution in [0.15, 0.2) is 24.3 Å². The van der Waals surface area contributed by atoms with Crippen LogP contribution in [0.25, 0.3) is 0 Å². The molecule has 7 nitrogen and oxygen atoms in total. The number of amides is 1. The van der Waals surface area contributed by atoms with E-state index >= 15 is 0 Å². The van der Waals surface area contributed by atoms with Crippen molar-refractivity contribution in [2.45, 2.75) is 51.6 Å². The molecule has 1 aromatic rings. The summed E-state index contributed by atoms with van der Waals surface area (Å²) in [5.74, 6) is -0.580. The van der Waals surface area contributed by atoms with Crippen LogP contribution in [-0.4, -0.2) is 22.9 Å². The average Bonchev–Trinajstić information content (AvgIpc) is 2.87. The van der Waals surface area contributed by atoms with Gasteiger partial charge in [0.2, 0.25) is 5.91 Å². The van der Waals surface area contributed by atoms with Crippen LogP contribution in [0.1, 0.15) is 45.4 Å². The van der Waals surface area contributed by atoms with Crippen LogP contribution in [0, 0.1) is 16.0 Å². The van der Waals surface area contributed by atoms with Gasteiger partial charge in [0.15, 0.2) is 0 Å². The van der Waals surface area contributed by atoms with Crippen LogP contribution in [-0.2, 0) is 14.3 Å². The minimum Gasteiger partial charge on any atom is -0.462 e. The highest BCUT2D eigenvalue weighted by Gasteiger charge is 2.34. The Bertz CT molecular complexity index is 600. The second-order valence-electron chi connectivity index (χ2n) is 6.04. The molecule has 1 fully saturated rings. The predicted molar refractivity (Wildman–Crippen MR) is 88.5 cm³/mol. The molecule has 1 saturated heterocycles. The van der Waals surface area contributed by atoms with Gasteiger partial charge in [-0.15, -0.1) is 0 Å². The van der Waals surface area contributed by atoms with Gasteiger partial charge >= 0.3 is 5.97 Å². The molecular weight excluding hydrogens is 312 g/mol. The van der Waals surface area contributed by atoms with Crippen molar-refractivity contribution in [3.63, 3.8) is 0 Å². The number of hydrogen-bond acceptors (Lipinski definition) is 5. The van der Waals surface area contributed by atoms with Gasteiger partial charge in [-0.2, -0.15) is 0 Å². The van der Waals surface area contributed by atoms with E-state index < -0.39 is 4.92 Å². The molecule has 7 heteroatoms. The summed E-state index contributed by atoms with van der Waals surface area (Å²) < 4.78 is 5.27. The number of cyclic esters (lactones) is 1. The number of nitro groups is 1. The number of nitrogens with one attached hydrogen (secondary N) is 1. The van der Waals surface area contributed by atoms with Gasteiger partial charge in [0, 0.05) is 17.8 Å². The Morgan fingerprint density at radius 3 is 2.67 bits per heavy atom. The Morgan fingerprint density at radius 2 is 2.04 bits per heavy atom. The van der Waals surface area contributed by atoms with Crippen molar-refractivity contribution in [1.82, 2.24) is 0 Å². The van der Waals surface area contributed by atoms with E-state index in [1.807, 2.05) is 0 Å². The number of carbonyl (C=O) groups is 2. The van der Waals surface area contributed by atoms with Crippen LogP contribution < -0.4 is 5.32 Å². The molecule has 1 aliphatic heterocycles. The zero-order valence-electron chi connectivity index (χ0n) is 13.7. The molecule has 1 N–H and O–H groups in total. The number of benzene rings is 1. The van der Waals surface area contributed by atoms with Crippen LogP contribution >= 0.6 is 0 Å². The van der Waals surface area contributed by atoms with E-state index in [1.165, 1.54) is 24.3 Å². The summed E-state index contributed by atoms with van der Waals surface area (Å²) in [6, 6.07) is 5.61. The maximum atomic E-state index is 12.0. The number of non-ortho nitro benzene ring substituents is 1. The maximum Gasteiger partial charge on any atom is 0.309 e. The first-order valence-corrected chi connectivity index (χ1v) is 8.24. The summed E-state index contributed by atoms with van der Waals surface area (Å²) in [5, 5.41) is 13.3. The first-order valence-electron chi connectivity index (χ1n) is 8.24. The van der Waals surface area contributed by atoms with E-state index in [2.05, 4.69) is 12.2 Å². The standard InChI is InChI=1S/C17H22N2O5/c1-2-3-4-5-12-10-15(24-17(12)21)11-16(20)18-13-6-8-14(9-7-13)19(22)23/h6-9,12,15H,2-5,10-11H2,1H3,(H,18,20)/t12-,15+/m0/s1. The average molecular weight is 334 g/mol. The van der Waals surface area contributed by atoms with E-state index in [1.54, 1.807) is 0 Å². The van der Waals surface area contributed by atoms with E-state index in [9.17, 15) is 19.7 Å². The van der Waals surface area contributed by atoms with Crippen molar-refractivity contribution < 1.29 is 19.2 Å². The summed E-state index contributed by atoms with van der Waals surface area (Å²) in [7, 11) is 0. The summed E-state index contributed by atoms with van der Waals surface area (Å²) in [4.78, 5) is 33.9. The topological polar surface area (TPSA) is 98.5 Å². The minimum absolute atomic E-state index is 0.0346. The van der Waals surface area contributed by atoms with Crippen molar-refractivity contribution in [3.8, 4) is 0 Å². The fourth-order valence-electron chi connectivity index (χ4n) is 2.81. The molecule has 0 radical (unpaired) electrons. The SMILES string of the molecule is CCCCC[C@H]1C[C@H](CC(=O)Nc2ccc([N+](=O)[O-])cc2)OC1=O. The van der Waals surface area contributed by atoms with E-state index in [0.717, 1.165) is 25.7 Å². The third-order valence-electron chi connectivity index (χ3n) is 4.09. The van der Waals surface area contributed by atoms with Crippen LogP contribution in [0.5, 0.6) is 0 Å². The van der Waals surface area contributed by atoms with Crippen LogP contribution in [0.2, 0.25) is 0 Å². The largest absolute Gasteiger partial charge is 0.462 e. The predicted octanol–water partition coefficient (Wildman–Crippen LogP) is 3.44. The molecular formula is C17H22N2O5. The van der Waals surface area contributed by atoms with Gasteiger partial charge in [0.1, 0.15) is 6.10 Å². The van der Waals surface area contributed by atoms with Gasteiger partial charge in [0.05, 0.1) is 17.3 Å². The van der Waals surface area contributed by atoms with Crippen molar-refractivity contribution >= 4 is 23.3 Å². The fraction of sp³-hybridized carbons (Fsp3) is 0.529. The van der Waals surface area contributed by atoms with Crippen LogP contribution in [0.4, 0.5) is 11.4 Å². The van der Waals surface area contributed by atoms with Crippen molar-refractivity contribution in [2.75, 3.05) is 5.32 Å². The molecule has 0 saturated carbocycles. The second kappa shape index (κ2) is 8.42. The number of hydrogen-bond donors (Lipinski definition) is 1. The quantitative estimate of drug-likeness (QED) is 0.340. The van der Waals surface area contributed by atoms with Crippen LogP contribution in [0.3, 0.4) is 0 Å². The van der Waals surface area contributed by atoms with E-state index in [-0.39, 0.29) is 36.0 Å². The number of unbranched alkanes of at least 4 members (excludes halogenated alkanes) is 2. The van der Waals surface area contributed by atoms with Gasteiger partial charge < -0.3 is 10.1 Å². The van der Waals surface area contributed by atoms with Crippen molar-refractivity contribution in [1.29, 1.82) is 0 Å². The fourth-order valence-corrected chi connectivity index (χ4v) is 2.81. The molecule has 2 rings (SSSR count). The molecule has 1 aromatic carbocycles. The van der Waals surface area contributed by atoms with Gasteiger partial charge in [0.25, 0.3) is 5.69 Å². The molecule has 0 aromatic heterocycles. The van der Waals surface area contributed by atoms with Crippen molar-refractivity contribution in [2.24, 2.45) is 5.92 Å². The molecule has 0 aliphatic carbocycles. The molecule has 24 heavy (non-hydrogen) atoms. The highest BCUT2D eigenvalue weighted by Crippen LogP contribution is 2.28. The molecule has 0 unspecified atom stereocenters. The lowest BCUT2D eigenvalue weighted by Gasteiger charge is -2.09. The van der Waals surface area contributed by atoms with Gasteiger partial charge in [-0.05, 0) is 25.0 Å². The van der Waals surface area contributed by atoms with Gasteiger partial charge in [-0.1, -0.05) is 26.2 Å². The lowest BCUT2D eigenvalue weighted by Crippen LogP contribution is -2.19. The highest BCUT2D eigenvalue weighted by atomic mass is 16.6. The smallest absolute Gasteiger partial charge is 0.309 e. The number of rotatable bonds is 8. The number of esters is 1. The summed E-state index contributed by atoms with van der Waals surface area (Å²) in [6.45, 7) is 2.11. The second-order valence-corrected chi connectivity index (χ2v) is 6.04. The lowest BCUT2D eigenvalue weighted by atomic mass is 9.97. The third kappa shape index (κ3) is 5.04. The highest BCUT2D eigenvalue weighted by molar-refractivity contribution is 5.91. The Balaban J connectivity index is 1.80. The lowest BCUT2D eigenvalue weighted by molar-refractivity contribution is -0.384. The molecule has 130 valence electrons. The Morgan fingerprint density at radius 1 is 1.33 bits per heavy atom. The minimum atomic E-state index is -0.498. The third-order valence-corrected chi connectivity index (χ3v) is 4.09. The number of carbonyl (C=O) groups excluding carboxylic acids is 2. The van der Waals surface area contributed by atoms with E-state index in [0.29, 0.717) is 12.1 Å². The molecule has 0 bridgehead atoms. The first-order chi connectivity index (χ1) is 11.5. The molecule has 0 spiro atoms. The number of nitrogens with zero attached hydrogens (tertiary/aromatic N) is 1. The maximum absolute atomic E-state index is 12.0. The number of anilines is 1.